The minimum atomic E-state index is -0.700. The number of nitrogens with one attached hydrogen (secondary N) is 1. The maximum atomic E-state index is 11.0. The van der Waals surface area contributed by atoms with Crippen LogP contribution in [0, 0.1) is 21.4 Å². The van der Waals surface area contributed by atoms with Crippen molar-refractivity contribution >= 4 is 34.6 Å². The molecular weight excluding hydrogens is 284 g/mol. The highest BCUT2D eigenvalue weighted by molar-refractivity contribution is 6.30. The number of benzene rings is 1. The summed E-state index contributed by atoms with van der Waals surface area (Å²) in [4.78, 5) is 17.6. The molecule has 0 amide bonds. The lowest BCUT2D eigenvalue weighted by Gasteiger charge is -2.08. The summed E-state index contributed by atoms with van der Waals surface area (Å²) in [7, 11) is 0. The van der Waals surface area contributed by atoms with Crippen LogP contribution in [0.2, 0.25) is 5.02 Å². The third-order valence-corrected chi connectivity index (χ3v) is 2.62. The number of nitrogens with two attached hydrogens (primary N) is 1. The van der Waals surface area contributed by atoms with E-state index < -0.39 is 10.6 Å². The molecule has 20 heavy (non-hydrogen) atoms. The fraction of sp³-hybridized carbons (Fsp3) is 0. The molecule has 0 saturated heterocycles. The number of nitrogens with zero attached hydrogens (tertiary/aromatic N) is 4. The molecule has 1 aromatic carbocycles. The summed E-state index contributed by atoms with van der Waals surface area (Å²) in [6.07, 6.45) is 1.08. The molecule has 100 valence electrons. The Hall–Kier alpha value is -2.92. The minimum Gasteiger partial charge on any atom is -0.378 e. The predicted molar refractivity (Wildman–Crippen MR) is 72.5 cm³/mol. The van der Waals surface area contributed by atoms with E-state index in [1.807, 2.05) is 6.07 Å². The van der Waals surface area contributed by atoms with E-state index in [0.29, 0.717) is 10.7 Å². The first kappa shape index (κ1) is 13.5. The largest absolute Gasteiger partial charge is 0.378 e. The van der Waals surface area contributed by atoms with Crippen LogP contribution in [0.1, 0.15) is 5.56 Å². The SMILES string of the molecule is N#Cc1ccc(Cl)cc1Nc1ncnc(N)c1[N+](=O)[O-]. The van der Waals surface area contributed by atoms with Gasteiger partial charge in [0.2, 0.25) is 11.6 Å². The Kier molecular flexibility index (Phi) is 3.63. The summed E-state index contributed by atoms with van der Waals surface area (Å²) >= 11 is 5.83. The van der Waals surface area contributed by atoms with Crippen LogP contribution >= 0.6 is 11.6 Å². The van der Waals surface area contributed by atoms with Gasteiger partial charge in [-0.15, -0.1) is 0 Å². The number of anilines is 3. The molecule has 1 heterocycles. The number of hydrogen-bond donors (Lipinski definition) is 2. The van der Waals surface area contributed by atoms with Gasteiger partial charge in [-0.05, 0) is 18.2 Å². The van der Waals surface area contributed by atoms with Crippen molar-refractivity contribution in [3.05, 3.63) is 45.2 Å². The zero-order valence-corrected chi connectivity index (χ0v) is 10.6. The van der Waals surface area contributed by atoms with Gasteiger partial charge >= 0.3 is 5.69 Å². The Morgan fingerprint density at radius 2 is 2.20 bits per heavy atom. The third-order valence-electron chi connectivity index (χ3n) is 2.39. The normalized spacial score (nSPS) is 9.80. The Morgan fingerprint density at radius 1 is 1.45 bits per heavy atom. The van der Waals surface area contributed by atoms with Crippen molar-refractivity contribution in [2.45, 2.75) is 0 Å². The smallest absolute Gasteiger partial charge is 0.353 e. The Morgan fingerprint density at radius 3 is 2.85 bits per heavy atom. The Labute approximate surface area is 118 Å². The second-order valence-electron chi connectivity index (χ2n) is 3.64. The molecule has 2 rings (SSSR count). The van der Waals surface area contributed by atoms with Gasteiger partial charge in [-0.2, -0.15) is 5.26 Å². The molecule has 0 bridgehead atoms. The van der Waals surface area contributed by atoms with Crippen molar-refractivity contribution in [1.29, 1.82) is 5.26 Å². The molecule has 9 heteroatoms. The van der Waals surface area contributed by atoms with Crippen molar-refractivity contribution < 1.29 is 4.92 Å². The summed E-state index contributed by atoms with van der Waals surface area (Å²) in [6, 6.07) is 6.42. The molecule has 0 saturated carbocycles. The summed E-state index contributed by atoms with van der Waals surface area (Å²) in [5, 5.41) is 23.0. The van der Waals surface area contributed by atoms with Gasteiger partial charge in [-0.3, -0.25) is 10.1 Å². The van der Waals surface area contributed by atoms with Crippen LogP contribution in [0.4, 0.5) is 23.0 Å². The fourth-order valence-corrected chi connectivity index (χ4v) is 1.68. The van der Waals surface area contributed by atoms with E-state index in [-0.39, 0.29) is 17.2 Å². The number of nitro groups is 1. The molecule has 3 N–H and O–H groups in total. The molecule has 0 aliphatic rings. The van der Waals surface area contributed by atoms with Gasteiger partial charge in [-0.1, -0.05) is 11.6 Å². The molecule has 0 fully saturated rings. The average Bonchev–Trinajstić information content (AvgIpc) is 2.38. The van der Waals surface area contributed by atoms with Gasteiger partial charge in [0.25, 0.3) is 0 Å². The van der Waals surface area contributed by atoms with Crippen molar-refractivity contribution in [2.75, 3.05) is 11.1 Å². The second kappa shape index (κ2) is 5.38. The number of nitrogen functional groups attached to an aromatic ring is 1. The van der Waals surface area contributed by atoms with E-state index in [1.165, 1.54) is 18.2 Å². The quantitative estimate of drug-likeness (QED) is 0.654. The van der Waals surface area contributed by atoms with Crippen LogP contribution in [0.5, 0.6) is 0 Å². The zero-order valence-electron chi connectivity index (χ0n) is 9.87. The number of hydrogen-bond acceptors (Lipinski definition) is 7. The second-order valence-corrected chi connectivity index (χ2v) is 4.08. The molecule has 0 atom stereocenters. The molecule has 0 aliphatic carbocycles. The van der Waals surface area contributed by atoms with Crippen molar-refractivity contribution in [3.8, 4) is 6.07 Å². The first-order chi connectivity index (χ1) is 9.52. The number of halogens is 1. The summed E-state index contributed by atoms with van der Waals surface area (Å²) < 4.78 is 0. The highest BCUT2D eigenvalue weighted by atomic mass is 35.5. The maximum absolute atomic E-state index is 11.0. The molecule has 0 unspecified atom stereocenters. The number of nitriles is 1. The van der Waals surface area contributed by atoms with E-state index >= 15 is 0 Å². The first-order valence-corrected chi connectivity index (χ1v) is 5.62. The molecule has 0 radical (unpaired) electrons. The van der Waals surface area contributed by atoms with Crippen molar-refractivity contribution in [2.24, 2.45) is 0 Å². The van der Waals surface area contributed by atoms with E-state index in [0.717, 1.165) is 6.33 Å². The fourth-order valence-electron chi connectivity index (χ4n) is 1.51. The van der Waals surface area contributed by atoms with Gasteiger partial charge in [0, 0.05) is 5.02 Å². The highest BCUT2D eigenvalue weighted by Crippen LogP contribution is 2.31. The van der Waals surface area contributed by atoms with Crippen LogP contribution in [0.15, 0.2) is 24.5 Å². The summed E-state index contributed by atoms with van der Waals surface area (Å²) in [6.45, 7) is 0. The number of aromatic nitrogens is 2. The van der Waals surface area contributed by atoms with E-state index in [9.17, 15) is 10.1 Å². The van der Waals surface area contributed by atoms with Gasteiger partial charge in [0.15, 0.2) is 0 Å². The van der Waals surface area contributed by atoms with Gasteiger partial charge < -0.3 is 11.1 Å². The zero-order chi connectivity index (χ0) is 14.7. The van der Waals surface area contributed by atoms with Crippen LogP contribution < -0.4 is 11.1 Å². The monoisotopic (exact) mass is 290 g/mol. The molecule has 8 nitrogen and oxygen atoms in total. The maximum Gasteiger partial charge on any atom is 0.353 e. The lowest BCUT2D eigenvalue weighted by atomic mass is 10.2. The van der Waals surface area contributed by atoms with Crippen LogP contribution in [0.3, 0.4) is 0 Å². The molecule has 2 aromatic rings. The molecular formula is C11H7ClN6O2. The standard InChI is InChI=1S/C11H7ClN6O2/c12-7-2-1-6(4-13)8(3-7)17-11-9(18(19)20)10(14)15-5-16-11/h1-3,5H,(H3,14,15,16,17). The summed E-state index contributed by atoms with van der Waals surface area (Å²) in [5.74, 6) is -0.380. The van der Waals surface area contributed by atoms with Gasteiger partial charge in [-0.25, -0.2) is 9.97 Å². The average molecular weight is 291 g/mol. The van der Waals surface area contributed by atoms with E-state index in [4.69, 9.17) is 22.6 Å². The predicted octanol–water partition coefficient (Wildman–Crippen LogP) is 2.24. The highest BCUT2D eigenvalue weighted by Gasteiger charge is 2.21. The molecule has 1 aromatic heterocycles. The Bertz CT molecular complexity index is 727. The Balaban J connectivity index is 2.51. The van der Waals surface area contributed by atoms with Crippen LogP contribution in [0.25, 0.3) is 0 Å². The number of rotatable bonds is 3. The van der Waals surface area contributed by atoms with E-state index in [1.54, 1.807) is 0 Å². The van der Waals surface area contributed by atoms with E-state index in [2.05, 4.69) is 15.3 Å². The lowest BCUT2D eigenvalue weighted by Crippen LogP contribution is -2.05. The topological polar surface area (TPSA) is 131 Å². The minimum absolute atomic E-state index is 0.110. The van der Waals surface area contributed by atoms with Crippen LogP contribution in [-0.4, -0.2) is 14.9 Å². The summed E-state index contributed by atoms with van der Waals surface area (Å²) in [5.41, 5.74) is 5.55. The first-order valence-electron chi connectivity index (χ1n) is 5.24. The van der Waals surface area contributed by atoms with Gasteiger partial charge in [0.05, 0.1) is 16.2 Å². The lowest BCUT2D eigenvalue weighted by molar-refractivity contribution is -0.383. The molecule has 0 spiro atoms. The van der Waals surface area contributed by atoms with Crippen LogP contribution in [-0.2, 0) is 0 Å². The van der Waals surface area contributed by atoms with Crippen molar-refractivity contribution in [3.63, 3.8) is 0 Å². The van der Waals surface area contributed by atoms with Gasteiger partial charge in [0.1, 0.15) is 12.4 Å². The van der Waals surface area contributed by atoms with Crippen molar-refractivity contribution in [1.82, 2.24) is 9.97 Å². The molecule has 0 aliphatic heterocycles. The third kappa shape index (κ3) is 2.57.